The summed E-state index contributed by atoms with van der Waals surface area (Å²) in [6.45, 7) is 5.65. The van der Waals surface area contributed by atoms with E-state index in [1.807, 2.05) is 18.3 Å². The Bertz CT molecular complexity index is 1040. The third-order valence-corrected chi connectivity index (χ3v) is 4.42. The fourth-order valence-electron chi connectivity index (χ4n) is 3.02. The van der Waals surface area contributed by atoms with E-state index in [-0.39, 0.29) is 23.7 Å². The van der Waals surface area contributed by atoms with Gasteiger partial charge in [0.25, 0.3) is 5.56 Å². The molecule has 6 heteroatoms. The Labute approximate surface area is 151 Å². The number of aromatic nitrogens is 3. The first-order chi connectivity index (χ1) is 12.4. The van der Waals surface area contributed by atoms with Crippen molar-refractivity contribution < 1.29 is 4.74 Å². The van der Waals surface area contributed by atoms with Gasteiger partial charge in [0, 0.05) is 23.5 Å². The Morgan fingerprint density at radius 1 is 1.35 bits per heavy atom. The summed E-state index contributed by atoms with van der Waals surface area (Å²) < 4.78 is 5.60. The van der Waals surface area contributed by atoms with Crippen molar-refractivity contribution in [2.75, 3.05) is 7.11 Å². The van der Waals surface area contributed by atoms with Crippen LogP contribution in [0.15, 0.2) is 40.8 Å². The highest BCUT2D eigenvalue weighted by Crippen LogP contribution is 2.26. The van der Waals surface area contributed by atoms with Crippen molar-refractivity contribution in [1.29, 1.82) is 0 Å². The van der Waals surface area contributed by atoms with Gasteiger partial charge in [-0.05, 0) is 38.3 Å². The highest BCUT2D eigenvalue weighted by atomic mass is 16.5. The minimum Gasteiger partial charge on any atom is -0.803 e. The molecule has 3 rings (SSSR count). The summed E-state index contributed by atoms with van der Waals surface area (Å²) in [7, 11) is 1.45. The Morgan fingerprint density at radius 2 is 2.12 bits per heavy atom. The molecular formula is C20H22N3O3-. The molecule has 136 valence electrons. The van der Waals surface area contributed by atoms with Crippen LogP contribution in [0.5, 0.6) is 5.88 Å². The fraction of sp³-hybridized carbons (Fsp3) is 0.300. The number of benzene rings is 1. The summed E-state index contributed by atoms with van der Waals surface area (Å²) in [4.78, 5) is 19.4. The highest BCUT2D eigenvalue weighted by Gasteiger charge is 2.14. The summed E-state index contributed by atoms with van der Waals surface area (Å²) in [5.74, 6) is 0.187. The van der Waals surface area contributed by atoms with Crippen molar-refractivity contribution >= 4 is 10.9 Å². The lowest BCUT2D eigenvalue weighted by Crippen LogP contribution is -2.24. The maximum atomic E-state index is 12.3. The predicted molar refractivity (Wildman–Crippen MR) is 103 cm³/mol. The molecular weight excluding hydrogens is 330 g/mol. The van der Waals surface area contributed by atoms with Crippen LogP contribution in [0.1, 0.15) is 36.4 Å². The summed E-state index contributed by atoms with van der Waals surface area (Å²) in [5, 5.41) is 13.4. The lowest BCUT2D eigenvalue weighted by Gasteiger charge is -2.19. The Kier molecular flexibility index (Phi) is 4.84. The van der Waals surface area contributed by atoms with Crippen LogP contribution in [0.2, 0.25) is 0 Å². The largest absolute Gasteiger partial charge is 0.803 e. The number of nitrogens with zero attached hydrogens (tertiary/aromatic N) is 2. The smallest absolute Gasteiger partial charge is 0.267 e. The quantitative estimate of drug-likeness (QED) is 0.713. The van der Waals surface area contributed by atoms with E-state index in [2.05, 4.69) is 36.0 Å². The number of aromatic amines is 1. The zero-order valence-corrected chi connectivity index (χ0v) is 15.4. The van der Waals surface area contributed by atoms with Gasteiger partial charge in [0.05, 0.1) is 12.8 Å². The van der Waals surface area contributed by atoms with Crippen LogP contribution >= 0.6 is 0 Å². The molecule has 0 saturated carbocycles. The first-order valence-corrected chi connectivity index (χ1v) is 8.47. The van der Waals surface area contributed by atoms with Gasteiger partial charge >= 0.3 is 0 Å². The minimum atomic E-state index is -0.648. The number of hydrogen-bond acceptors (Lipinski definition) is 4. The van der Waals surface area contributed by atoms with Crippen LogP contribution in [0, 0.1) is 12.1 Å². The van der Waals surface area contributed by atoms with E-state index in [1.54, 1.807) is 0 Å². The second kappa shape index (κ2) is 7.07. The monoisotopic (exact) mass is 352 g/mol. The van der Waals surface area contributed by atoms with Crippen LogP contribution in [-0.4, -0.2) is 21.8 Å². The number of rotatable bonds is 5. The fourth-order valence-corrected chi connectivity index (χ4v) is 3.02. The molecule has 0 spiro atoms. The number of hydrogen-bond donors (Lipinski definition) is 1. The average Bonchev–Trinajstić information content (AvgIpc) is 3.03. The molecule has 0 unspecified atom stereocenters. The minimum absolute atomic E-state index is 0.128. The van der Waals surface area contributed by atoms with Crippen molar-refractivity contribution in [1.82, 2.24) is 14.7 Å². The van der Waals surface area contributed by atoms with E-state index in [0.717, 1.165) is 22.9 Å². The molecule has 6 nitrogen and oxygen atoms in total. The van der Waals surface area contributed by atoms with Crippen LogP contribution in [0.3, 0.4) is 0 Å². The third kappa shape index (κ3) is 3.22. The van der Waals surface area contributed by atoms with Gasteiger partial charge in [-0.25, -0.2) is 4.98 Å². The standard InChI is InChI=1S/C20H22N3O3/c1-12(2)8-9-14-6-5-7-16-15(11-21-18(14)16)10-17-19(26-4)22-13(3)20(24)23(17)25/h5-8,11,21H,9-10H2,1-4H3/q-1. The molecule has 1 aromatic carbocycles. The Hall–Kier alpha value is -3.02. The van der Waals surface area contributed by atoms with Crippen molar-refractivity contribution in [3.8, 4) is 5.88 Å². The van der Waals surface area contributed by atoms with Gasteiger partial charge in [0.15, 0.2) is 0 Å². The number of ether oxygens (including phenoxy) is 1. The number of fused-ring (bicyclic) bond motifs is 1. The molecule has 0 aliphatic carbocycles. The van der Waals surface area contributed by atoms with Crippen LogP contribution < -0.4 is 10.3 Å². The topological polar surface area (TPSA) is 83.0 Å². The molecule has 26 heavy (non-hydrogen) atoms. The van der Waals surface area contributed by atoms with Crippen LogP contribution in [0.4, 0.5) is 0 Å². The van der Waals surface area contributed by atoms with Crippen molar-refractivity contribution in [3.63, 3.8) is 0 Å². The lowest BCUT2D eigenvalue weighted by atomic mass is 10.0. The molecule has 1 N–H and O–H groups in total. The highest BCUT2D eigenvalue weighted by molar-refractivity contribution is 5.86. The third-order valence-electron chi connectivity index (χ3n) is 4.42. The normalized spacial score (nSPS) is 10.9. The number of methoxy groups -OCH3 is 1. The van der Waals surface area contributed by atoms with Crippen molar-refractivity contribution in [3.05, 3.63) is 74.1 Å². The molecule has 3 aromatic rings. The molecule has 0 bridgehead atoms. The van der Waals surface area contributed by atoms with E-state index >= 15 is 0 Å². The molecule has 0 aliphatic heterocycles. The molecule has 2 heterocycles. The number of H-pyrrole nitrogens is 1. The zero-order chi connectivity index (χ0) is 18.8. The van der Waals surface area contributed by atoms with E-state index in [0.29, 0.717) is 4.73 Å². The first kappa shape index (κ1) is 17.8. The molecule has 0 atom stereocenters. The van der Waals surface area contributed by atoms with E-state index in [1.165, 1.54) is 25.2 Å². The SMILES string of the molecule is COc1nc(C)c(=O)n([O-])c1Cc1c[nH]c2c(CC=C(C)C)cccc12. The average molecular weight is 352 g/mol. The zero-order valence-electron chi connectivity index (χ0n) is 15.4. The summed E-state index contributed by atoms with van der Waals surface area (Å²) >= 11 is 0. The van der Waals surface area contributed by atoms with Crippen LogP contribution in [0.25, 0.3) is 10.9 Å². The number of nitrogens with one attached hydrogen (secondary N) is 1. The lowest BCUT2D eigenvalue weighted by molar-refractivity contribution is 0.386. The number of para-hydroxylation sites is 1. The second-order valence-corrected chi connectivity index (χ2v) is 6.57. The van der Waals surface area contributed by atoms with E-state index in [9.17, 15) is 10.0 Å². The maximum absolute atomic E-state index is 12.3. The van der Waals surface area contributed by atoms with Crippen molar-refractivity contribution in [2.24, 2.45) is 0 Å². The summed E-state index contributed by atoms with van der Waals surface area (Å²) in [6.07, 6.45) is 5.15. The Balaban J connectivity index is 2.06. The molecule has 2 aromatic heterocycles. The van der Waals surface area contributed by atoms with Gasteiger partial charge in [-0.3, -0.25) is 4.79 Å². The van der Waals surface area contributed by atoms with E-state index < -0.39 is 5.56 Å². The van der Waals surface area contributed by atoms with Gasteiger partial charge in [-0.15, -0.1) is 0 Å². The van der Waals surface area contributed by atoms with Gasteiger partial charge in [-0.2, -0.15) is 0 Å². The summed E-state index contributed by atoms with van der Waals surface area (Å²) in [6, 6.07) is 6.09. The van der Waals surface area contributed by atoms with Crippen LogP contribution in [-0.2, 0) is 12.8 Å². The van der Waals surface area contributed by atoms with Gasteiger partial charge in [0.1, 0.15) is 5.69 Å². The first-order valence-electron chi connectivity index (χ1n) is 8.47. The van der Waals surface area contributed by atoms with Gasteiger partial charge in [0.2, 0.25) is 5.88 Å². The molecule has 0 fully saturated rings. The van der Waals surface area contributed by atoms with Gasteiger partial charge in [-0.1, -0.05) is 29.8 Å². The molecule has 0 saturated heterocycles. The van der Waals surface area contributed by atoms with E-state index in [4.69, 9.17) is 4.74 Å². The van der Waals surface area contributed by atoms with Crippen molar-refractivity contribution in [2.45, 2.75) is 33.6 Å². The molecule has 0 amide bonds. The second-order valence-electron chi connectivity index (χ2n) is 6.57. The predicted octanol–water partition coefficient (Wildman–Crippen LogP) is 3.49. The maximum Gasteiger partial charge on any atom is 0.267 e. The molecule has 0 radical (unpaired) electrons. The number of aryl methyl sites for hydroxylation is 1. The number of allylic oxidation sites excluding steroid dienone is 2. The van der Waals surface area contributed by atoms with Gasteiger partial charge < -0.3 is 19.7 Å². The summed E-state index contributed by atoms with van der Waals surface area (Å²) in [5.41, 5.74) is 4.11. The molecule has 0 aliphatic rings. The Morgan fingerprint density at radius 3 is 2.81 bits per heavy atom.